The van der Waals surface area contributed by atoms with E-state index < -0.39 is 7.12 Å². The van der Waals surface area contributed by atoms with Crippen LogP contribution in [0.1, 0.15) is 21.5 Å². The largest absolute Gasteiger partial charge is 0.504 e. The highest BCUT2D eigenvalue weighted by molar-refractivity contribution is 6.61. The fourth-order valence-corrected chi connectivity index (χ4v) is 2.28. The van der Waals surface area contributed by atoms with Gasteiger partial charge >= 0.3 is 7.12 Å². The molecule has 5 nitrogen and oxygen atoms in total. The third-order valence-electron chi connectivity index (χ3n) is 3.52. The van der Waals surface area contributed by atoms with Crippen LogP contribution in [0.15, 0.2) is 42.5 Å². The minimum Gasteiger partial charge on any atom is -0.504 e. The van der Waals surface area contributed by atoms with Crippen LogP contribution in [-0.2, 0) is 11.3 Å². The highest BCUT2D eigenvalue weighted by Gasteiger charge is 2.26. The molecule has 0 saturated carbocycles. The third kappa shape index (κ3) is 2.74. The molecule has 1 heterocycles. The summed E-state index contributed by atoms with van der Waals surface area (Å²) in [6.45, 7) is 0.381. The van der Waals surface area contributed by atoms with Crippen LogP contribution in [0.4, 0.5) is 0 Å². The molecular weight excluding hydrogens is 283 g/mol. The van der Waals surface area contributed by atoms with E-state index in [-0.39, 0.29) is 22.8 Å². The summed E-state index contributed by atoms with van der Waals surface area (Å²) in [5.74, 6) is -0.905. The first-order valence-corrected chi connectivity index (χ1v) is 6.71. The molecule has 6 heteroatoms. The summed E-state index contributed by atoms with van der Waals surface area (Å²) in [6.07, 6.45) is 2.99. The van der Waals surface area contributed by atoms with Crippen molar-refractivity contribution in [2.24, 2.45) is 0 Å². The maximum atomic E-state index is 12.0. The van der Waals surface area contributed by atoms with Gasteiger partial charge in [-0.3, -0.25) is 4.79 Å². The number of carbonyl (C=O) groups excluding carboxylic acids is 1. The number of carbonyl (C=O) groups is 1. The first-order chi connectivity index (χ1) is 10.5. The van der Waals surface area contributed by atoms with E-state index in [0.29, 0.717) is 12.1 Å². The number of hydrogen-bond acceptors (Lipinski definition) is 5. The van der Waals surface area contributed by atoms with Gasteiger partial charge in [0.25, 0.3) is 0 Å². The zero-order valence-electron chi connectivity index (χ0n) is 11.6. The molecule has 0 spiro atoms. The molecule has 0 aromatic heterocycles. The standard InChI is InChI=1S/C16H13BO5/c18-14(11-4-6-15(19)16(20)8-11)5-2-10-1-3-12-9-22-17(21)13(12)7-10/h1-8,19-21H,9H2/b5-2+. The van der Waals surface area contributed by atoms with E-state index in [1.807, 2.05) is 12.1 Å². The molecule has 0 aliphatic carbocycles. The molecule has 22 heavy (non-hydrogen) atoms. The molecule has 0 unspecified atom stereocenters. The molecule has 3 N–H and O–H groups in total. The van der Waals surface area contributed by atoms with Crippen LogP contribution in [0.3, 0.4) is 0 Å². The van der Waals surface area contributed by atoms with Crippen molar-refractivity contribution >= 4 is 24.4 Å². The average molecular weight is 296 g/mol. The lowest BCUT2D eigenvalue weighted by Gasteiger charge is -2.01. The summed E-state index contributed by atoms with van der Waals surface area (Å²) in [5, 5.41) is 28.3. The molecule has 1 aliphatic heterocycles. The maximum Gasteiger partial charge on any atom is 0.491 e. The van der Waals surface area contributed by atoms with Crippen molar-refractivity contribution < 1.29 is 24.7 Å². The van der Waals surface area contributed by atoms with Gasteiger partial charge in [-0.2, -0.15) is 0 Å². The van der Waals surface area contributed by atoms with Gasteiger partial charge in [0.05, 0.1) is 6.61 Å². The van der Waals surface area contributed by atoms with Gasteiger partial charge in [-0.1, -0.05) is 24.3 Å². The normalized spacial score (nSPS) is 13.6. The molecular formula is C16H13BO5. The number of ketones is 1. The molecule has 1 aliphatic rings. The molecule has 0 radical (unpaired) electrons. The zero-order chi connectivity index (χ0) is 15.7. The van der Waals surface area contributed by atoms with E-state index >= 15 is 0 Å². The Bertz CT molecular complexity index is 769. The van der Waals surface area contributed by atoms with Gasteiger partial charge in [0, 0.05) is 5.56 Å². The Morgan fingerprint density at radius 1 is 1.14 bits per heavy atom. The SMILES string of the molecule is O=C(/C=C/c1ccc2c(c1)B(O)OC2)c1ccc(O)c(O)c1. The Hall–Kier alpha value is -2.57. The number of fused-ring (bicyclic) bond motifs is 1. The van der Waals surface area contributed by atoms with Gasteiger partial charge in [-0.15, -0.1) is 0 Å². The van der Waals surface area contributed by atoms with Gasteiger partial charge in [-0.25, -0.2) is 0 Å². The highest BCUT2D eigenvalue weighted by atomic mass is 16.5. The first kappa shape index (κ1) is 14.4. The fraction of sp³-hybridized carbons (Fsp3) is 0.0625. The molecule has 110 valence electrons. The minimum absolute atomic E-state index is 0.270. The average Bonchev–Trinajstić information content (AvgIpc) is 2.88. The van der Waals surface area contributed by atoms with Crippen LogP contribution >= 0.6 is 0 Å². The van der Waals surface area contributed by atoms with Crippen LogP contribution in [0.5, 0.6) is 11.5 Å². The lowest BCUT2D eigenvalue weighted by molar-refractivity contribution is 0.104. The van der Waals surface area contributed by atoms with Crippen molar-refractivity contribution in [3.63, 3.8) is 0 Å². The van der Waals surface area contributed by atoms with Crippen molar-refractivity contribution in [3.05, 3.63) is 59.2 Å². The van der Waals surface area contributed by atoms with Gasteiger partial charge in [0.15, 0.2) is 17.3 Å². The monoisotopic (exact) mass is 296 g/mol. The third-order valence-corrected chi connectivity index (χ3v) is 3.52. The molecule has 2 aromatic rings. The van der Waals surface area contributed by atoms with Crippen LogP contribution < -0.4 is 5.46 Å². The van der Waals surface area contributed by atoms with Crippen molar-refractivity contribution in [3.8, 4) is 11.5 Å². The van der Waals surface area contributed by atoms with E-state index in [1.165, 1.54) is 24.3 Å². The Morgan fingerprint density at radius 3 is 2.73 bits per heavy atom. The lowest BCUT2D eigenvalue weighted by Crippen LogP contribution is -2.28. The lowest BCUT2D eigenvalue weighted by atomic mass is 9.79. The molecule has 0 saturated heterocycles. The molecule has 0 atom stereocenters. The predicted octanol–water partition coefficient (Wildman–Crippen LogP) is 1.21. The van der Waals surface area contributed by atoms with Crippen molar-refractivity contribution in [2.75, 3.05) is 0 Å². The molecule has 0 fully saturated rings. The minimum atomic E-state index is -0.923. The quantitative estimate of drug-likeness (QED) is 0.343. The second-order valence-corrected chi connectivity index (χ2v) is 5.02. The number of hydrogen-bond donors (Lipinski definition) is 3. The summed E-state index contributed by atoms with van der Waals surface area (Å²) < 4.78 is 5.11. The number of allylic oxidation sites excluding steroid dienone is 1. The van der Waals surface area contributed by atoms with Crippen molar-refractivity contribution in [2.45, 2.75) is 6.61 Å². The Labute approximate surface area is 127 Å². The van der Waals surface area contributed by atoms with E-state index in [0.717, 1.165) is 11.1 Å². The summed E-state index contributed by atoms with van der Waals surface area (Å²) in [7, 11) is -0.923. The molecule has 3 rings (SSSR count). The summed E-state index contributed by atoms with van der Waals surface area (Å²) in [5.41, 5.74) is 2.67. The van der Waals surface area contributed by atoms with Crippen molar-refractivity contribution in [1.29, 1.82) is 0 Å². The fourth-order valence-electron chi connectivity index (χ4n) is 2.28. The number of rotatable bonds is 3. The van der Waals surface area contributed by atoms with Gasteiger partial charge in [0.2, 0.25) is 0 Å². The zero-order valence-corrected chi connectivity index (χ0v) is 11.6. The Morgan fingerprint density at radius 2 is 1.95 bits per heavy atom. The smallest absolute Gasteiger partial charge is 0.491 e. The number of phenolic OH excluding ortho intramolecular Hbond substituents is 2. The number of benzene rings is 2. The van der Waals surface area contributed by atoms with E-state index in [2.05, 4.69) is 0 Å². The Kier molecular flexibility index (Phi) is 3.71. The second kappa shape index (κ2) is 5.67. The van der Waals surface area contributed by atoms with Crippen LogP contribution in [0, 0.1) is 0 Å². The van der Waals surface area contributed by atoms with Gasteiger partial charge in [0.1, 0.15) is 0 Å². The van der Waals surface area contributed by atoms with Crippen molar-refractivity contribution in [1.82, 2.24) is 0 Å². The first-order valence-electron chi connectivity index (χ1n) is 6.71. The van der Waals surface area contributed by atoms with E-state index in [1.54, 1.807) is 12.1 Å². The maximum absolute atomic E-state index is 12.0. The summed E-state index contributed by atoms with van der Waals surface area (Å²) in [6, 6.07) is 9.36. The number of aromatic hydroxyl groups is 2. The summed E-state index contributed by atoms with van der Waals surface area (Å²) in [4.78, 5) is 12.0. The predicted molar refractivity (Wildman–Crippen MR) is 82.0 cm³/mol. The van der Waals surface area contributed by atoms with E-state index in [9.17, 15) is 20.0 Å². The van der Waals surface area contributed by atoms with E-state index in [4.69, 9.17) is 4.65 Å². The van der Waals surface area contributed by atoms with Crippen LogP contribution in [0.2, 0.25) is 0 Å². The second-order valence-electron chi connectivity index (χ2n) is 5.02. The highest BCUT2D eigenvalue weighted by Crippen LogP contribution is 2.25. The van der Waals surface area contributed by atoms with Crippen LogP contribution in [0.25, 0.3) is 6.08 Å². The summed E-state index contributed by atoms with van der Waals surface area (Å²) >= 11 is 0. The van der Waals surface area contributed by atoms with Gasteiger partial charge < -0.3 is 19.9 Å². The topological polar surface area (TPSA) is 87.0 Å². The number of phenols is 2. The molecule has 0 bridgehead atoms. The molecule has 2 aromatic carbocycles. The van der Waals surface area contributed by atoms with Crippen LogP contribution in [-0.4, -0.2) is 28.1 Å². The Balaban J connectivity index is 1.80. The molecule has 0 amide bonds. The van der Waals surface area contributed by atoms with Gasteiger partial charge in [-0.05, 0) is 40.9 Å².